The largest absolute Gasteiger partial charge is 0.417 e. The van der Waals surface area contributed by atoms with Crippen LogP contribution in [-0.2, 0) is 12.7 Å². The first-order valence-electron chi connectivity index (χ1n) is 8.75. The zero-order valence-corrected chi connectivity index (χ0v) is 14.7. The van der Waals surface area contributed by atoms with E-state index in [0.717, 1.165) is 17.8 Å². The Labute approximate surface area is 155 Å². The quantitative estimate of drug-likeness (QED) is 0.858. The second kappa shape index (κ2) is 7.96. The predicted octanol–water partition coefficient (Wildman–Crippen LogP) is 2.96. The van der Waals surface area contributed by atoms with Gasteiger partial charge in [0.05, 0.1) is 5.56 Å². The van der Waals surface area contributed by atoms with Gasteiger partial charge >= 0.3 is 6.18 Å². The molecule has 0 atom stereocenters. The Morgan fingerprint density at radius 1 is 1.15 bits per heavy atom. The molecular formula is C19H21F3N4O. The fourth-order valence-electron chi connectivity index (χ4n) is 3.05. The fraction of sp³-hybridized carbons (Fsp3) is 0.368. The summed E-state index contributed by atoms with van der Waals surface area (Å²) in [6.45, 7) is 1.67. The summed E-state index contributed by atoms with van der Waals surface area (Å²) in [5, 5.41) is 3.01. The van der Waals surface area contributed by atoms with Crippen molar-refractivity contribution < 1.29 is 18.0 Å². The molecule has 1 aromatic heterocycles. The lowest BCUT2D eigenvalue weighted by Crippen LogP contribution is -2.45. The topological polar surface area (TPSA) is 71.2 Å². The van der Waals surface area contributed by atoms with Gasteiger partial charge < -0.3 is 16.0 Å². The second-order valence-corrected chi connectivity index (χ2v) is 6.54. The highest BCUT2D eigenvalue weighted by Crippen LogP contribution is 2.29. The first-order chi connectivity index (χ1) is 12.9. The number of carbonyl (C=O) groups excluding carboxylic acids is 1. The number of piperidine rings is 1. The molecule has 0 bridgehead atoms. The molecule has 0 aliphatic carbocycles. The molecule has 1 fully saturated rings. The normalized spacial score (nSPS) is 15.6. The summed E-state index contributed by atoms with van der Waals surface area (Å²) in [7, 11) is 0. The summed E-state index contributed by atoms with van der Waals surface area (Å²) in [4.78, 5) is 18.2. The molecule has 144 valence electrons. The molecule has 1 aliphatic heterocycles. The Balaban J connectivity index is 1.53. The molecule has 8 heteroatoms. The van der Waals surface area contributed by atoms with Gasteiger partial charge in [0.25, 0.3) is 5.91 Å². The molecule has 27 heavy (non-hydrogen) atoms. The maximum absolute atomic E-state index is 12.6. The Hall–Kier alpha value is -2.61. The number of hydrogen-bond acceptors (Lipinski definition) is 4. The second-order valence-electron chi connectivity index (χ2n) is 6.54. The fourth-order valence-corrected chi connectivity index (χ4v) is 3.05. The highest BCUT2D eigenvalue weighted by Gasteiger charge is 2.31. The van der Waals surface area contributed by atoms with Crippen molar-refractivity contribution in [2.45, 2.75) is 31.6 Å². The van der Waals surface area contributed by atoms with E-state index in [9.17, 15) is 18.0 Å². The van der Waals surface area contributed by atoms with Crippen LogP contribution in [0.2, 0.25) is 0 Å². The summed E-state index contributed by atoms with van der Waals surface area (Å²) < 4.78 is 37.9. The van der Waals surface area contributed by atoms with Crippen molar-refractivity contribution in [3.8, 4) is 0 Å². The molecule has 1 amide bonds. The van der Waals surface area contributed by atoms with Gasteiger partial charge in [-0.2, -0.15) is 13.2 Å². The smallest absolute Gasteiger partial charge is 0.356 e. The maximum Gasteiger partial charge on any atom is 0.417 e. The van der Waals surface area contributed by atoms with Gasteiger partial charge in [0, 0.05) is 37.4 Å². The Kier molecular flexibility index (Phi) is 5.65. The number of carbonyl (C=O) groups is 1. The van der Waals surface area contributed by atoms with Gasteiger partial charge in [-0.15, -0.1) is 0 Å². The lowest BCUT2D eigenvalue weighted by Gasteiger charge is -2.33. The van der Waals surface area contributed by atoms with Crippen LogP contribution in [0.3, 0.4) is 0 Å². The van der Waals surface area contributed by atoms with Crippen molar-refractivity contribution in [3.63, 3.8) is 0 Å². The van der Waals surface area contributed by atoms with E-state index >= 15 is 0 Å². The molecule has 1 saturated heterocycles. The molecule has 0 saturated carbocycles. The SMILES string of the molecule is NCc1ccc(C(=O)NC2CCN(c3ccc(C(F)(F)F)cn3)CC2)cc1. The van der Waals surface area contributed by atoms with Crippen molar-refractivity contribution in [2.75, 3.05) is 18.0 Å². The maximum atomic E-state index is 12.6. The van der Waals surface area contributed by atoms with Crippen LogP contribution in [0, 0.1) is 0 Å². The number of hydrogen-bond donors (Lipinski definition) is 2. The van der Waals surface area contributed by atoms with E-state index in [0.29, 0.717) is 43.9 Å². The molecule has 3 rings (SSSR count). The van der Waals surface area contributed by atoms with E-state index in [1.54, 1.807) is 12.1 Å². The third-order valence-electron chi connectivity index (χ3n) is 4.68. The average molecular weight is 378 g/mol. The molecule has 1 aromatic carbocycles. The minimum atomic E-state index is -4.38. The molecule has 3 N–H and O–H groups in total. The predicted molar refractivity (Wildman–Crippen MR) is 96.3 cm³/mol. The Bertz CT molecular complexity index is 767. The van der Waals surface area contributed by atoms with Crippen molar-refractivity contribution in [2.24, 2.45) is 5.73 Å². The number of aromatic nitrogens is 1. The third-order valence-corrected chi connectivity index (χ3v) is 4.68. The van der Waals surface area contributed by atoms with E-state index < -0.39 is 11.7 Å². The molecular weight excluding hydrogens is 357 g/mol. The standard InChI is InChI=1S/C19H21F3N4O/c20-19(21,22)15-5-6-17(24-12-15)26-9-7-16(8-10-26)25-18(27)14-3-1-13(11-23)2-4-14/h1-6,12,16H,7-11,23H2,(H,25,27). The van der Waals surface area contributed by atoms with Crippen molar-refractivity contribution in [1.82, 2.24) is 10.3 Å². The number of benzene rings is 1. The Morgan fingerprint density at radius 3 is 2.33 bits per heavy atom. The summed E-state index contributed by atoms with van der Waals surface area (Å²) in [6, 6.07) is 9.61. The minimum Gasteiger partial charge on any atom is -0.356 e. The zero-order valence-electron chi connectivity index (χ0n) is 14.7. The average Bonchev–Trinajstić information content (AvgIpc) is 2.68. The van der Waals surface area contributed by atoms with Crippen LogP contribution in [-0.4, -0.2) is 30.0 Å². The van der Waals surface area contributed by atoms with Gasteiger partial charge in [0.15, 0.2) is 0 Å². The van der Waals surface area contributed by atoms with Crippen molar-refractivity contribution in [3.05, 3.63) is 59.3 Å². The van der Waals surface area contributed by atoms with Crippen LogP contribution < -0.4 is 16.0 Å². The lowest BCUT2D eigenvalue weighted by molar-refractivity contribution is -0.137. The monoisotopic (exact) mass is 378 g/mol. The summed E-state index contributed by atoms with van der Waals surface area (Å²) in [6.07, 6.45) is -2.12. The number of nitrogens with one attached hydrogen (secondary N) is 1. The number of nitrogens with zero attached hydrogens (tertiary/aromatic N) is 2. The molecule has 2 aromatic rings. The first-order valence-corrected chi connectivity index (χ1v) is 8.75. The highest BCUT2D eigenvalue weighted by atomic mass is 19.4. The number of pyridine rings is 1. The van der Waals surface area contributed by atoms with E-state index in [2.05, 4.69) is 10.3 Å². The molecule has 0 radical (unpaired) electrons. The third kappa shape index (κ3) is 4.77. The van der Waals surface area contributed by atoms with E-state index in [1.807, 2.05) is 17.0 Å². The zero-order chi connectivity index (χ0) is 19.4. The summed E-state index contributed by atoms with van der Waals surface area (Å²) in [5.74, 6) is 0.384. The van der Waals surface area contributed by atoms with Gasteiger partial charge in [-0.3, -0.25) is 4.79 Å². The van der Waals surface area contributed by atoms with Crippen molar-refractivity contribution >= 4 is 11.7 Å². The van der Waals surface area contributed by atoms with E-state index in [-0.39, 0.29) is 11.9 Å². The number of alkyl halides is 3. The number of rotatable bonds is 4. The van der Waals surface area contributed by atoms with Crippen LogP contribution in [0.25, 0.3) is 0 Å². The Morgan fingerprint density at radius 2 is 1.81 bits per heavy atom. The van der Waals surface area contributed by atoms with Gasteiger partial charge in [0.1, 0.15) is 5.82 Å². The molecule has 1 aliphatic rings. The molecule has 0 unspecified atom stereocenters. The van der Waals surface area contributed by atoms with Gasteiger partial charge in [-0.1, -0.05) is 12.1 Å². The molecule has 0 spiro atoms. The van der Waals surface area contributed by atoms with E-state index in [4.69, 9.17) is 5.73 Å². The number of nitrogens with two attached hydrogens (primary N) is 1. The first kappa shape index (κ1) is 19.2. The number of halogens is 3. The van der Waals surface area contributed by atoms with Crippen LogP contribution in [0.15, 0.2) is 42.6 Å². The van der Waals surface area contributed by atoms with E-state index in [1.165, 1.54) is 6.07 Å². The number of amides is 1. The molecule has 2 heterocycles. The summed E-state index contributed by atoms with van der Waals surface area (Å²) >= 11 is 0. The van der Waals surface area contributed by atoms with Gasteiger partial charge in [-0.25, -0.2) is 4.98 Å². The van der Waals surface area contributed by atoms with Crippen LogP contribution in [0.5, 0.6) is 0 Å². The highest BCUT2D eigenvalue weighted by molar-refractivity contribution is 5.94. The van der Waals surface area contributed by atoms with Crippen LogP contribution >= 0.6 is 0 Å². The molecule has 5 nitrogen and oxygen atoms in total. The lowest BCUT2D eigenvalue weighted by atomic mass is 10.0. The van der Waals surface area contributed by atoms with Gasteiger partial charge in [0.2, 0.25) is 0 Å². The summed E-state index contributed by atoms with van der Waals surface area (Å²) in [5.41, 5.74) is 6.34. The van der Waals surface area contributed by atoms with Crippen molar-refractivity contribution in [1.29, 1.82) is 0 Å². The van der Waals surface area contributed by atoms with Gasteiger partial charge in [-0.05, 0) is 42.7 Å². The van der Waals surface area contributed by atoms with Crippen LogP contribution in [0.4, 0.5) is 19.0 Å². The minimum absolute atomic E-state index is 0.0254. The van der Waals surface area contributed by atoms with Crippen LogP contribution in [0.1, 0.15) is 34.3 Å². The number of anilines is 1.